The highest BCUT2D eigenvalue weighted by Gasteiger charge is 2.14. The van der Waals surface area contributed by atoms with Gasteiger partial charge in [-0.25, -0.2) is 8.78 Å². The van der Waals surface area contributed by atoms with Crippen LogP contribution in [0.15, 0.2) is 28.7 Å². The molecule has 1 heterocycles. The van der Waals surface area contributed by atoms with Crippen LogP contribution in [0.1, 0.15) is 10.6 Å². The fourth-order valence-corrected chi connectivity index (χ4v) is 1.50. The Morgan fingerprint density at radius 3 is 2.62 bits per heavy atom. The number of hydrogen-bond donors (Lipinski definition) is 0. The molecular weight excluding hydrogens is 238 g/mol. The van der Waals surface area contributed by atoms with Crippen LogP contribution in [0.3, 0.4) is 0 Å². The van der Waals surface area contributed by atoms with Crippen molar-refractivity contribution in [1.82, 2.24) is 0 Å². The zero-order chi connectivity index (χ0) is 11.7. The lowest BCUT2D eigenvalue weighted by Crippen LogP contribution is -1.88. The second kappa shape index (κ2) is 4.06. The van der Waals surface area contributed by atoms with E-state index in [4.69, 9.17) is 16.0 Å². The van der Waals surface area contributed by atoms with Crippen molar-refractivity contribution < 1.29 is 18.0 Å². The maximum atomic E-state index is 13.4. The second-order valence-corrected chi connectivity index (χ2v) is 3.51. The zero-order valence-corrected chi connectivity index (χ0v) is 8.59. The Morgan fingerprint density at radius 1 is 1.25 bits per heavy atom. The lowest BCUT2D eigenvalue weighted by molar-refractivity contribution is 0.110. The number of hydrogen-bond acceptors (Lipinski definition) is 2. The number of rotatable bonds is 2. The van der Waals surface area contributed by atoms with Gasteiger partial charge in [-0.05, 0) is 24.3 Å². The number of halogens is 3. The molecule has 0 saturated carbocycles. The standard InChI is InChI=1S/C11H5ClF2O2/c12-6-3-8(11(14)9(13)4-6)10-2-1-7(5-15)16-10/h1-5H. The molecule has 1 aromatic heterocycles. The van der Waals surface area contributed by atoms with Crippen LogP contribution in [0.5, 0.6) is 0 Å². The molecule has 0 bridgehead atoms. The summed E-state index contributed by atoms with van der Waals surface area (Å²) in [6, 6.07) is 4.83. The van der Waals surface area contributed by atoms with Crippen molar-refractivity contribution in [2.75, 3.05) is 0 Å². The minimum atomic E-state index is -1.06. The molecule has 16 heavy (non-hydrogen) atoms. The highest BCUT2D eigenvalue weighted by molar-refractivity contribution is 6.30. The van der Waals surface area contributed by atoms with Crippen LogP contribution in [-0.4, -0.2) is 6.29 Å². The number of carbonyl (C=O) groups excluding carboxylic acids is 1. The molecule has 2 rings (SSSR count). The Morgan fingerprint density at radius 2 is 2.00 bits per heavy atom. The van der Waals surface area contributed by atoms with E-state index in [0.717, 1.165) is 6.07 Å². The first kappa shape index (κ1) is 10.8. The van der Waals surface area contributed by atoms with E-state index < -0.39 is 11.6 Å². The van der Waals surface area contributed by atoms with Crippen LogP contribution in [0, 0.1) is 11.6 Å². The van der Waals surface area contributed by atoms with Crippen molar-refractivity contribution in [3.05, 3.63) is 46.7 Å². The normalized spacial score (nSPS) is 10.4. The molecule has 0 fully saturated rings. The molecule has 2 aromatic rings. The topological polar surface area (TPSA) is 30.2 Å². The Kier molecular flexibility index (Phi) is 2.75. The molecule has 0 unspecified atom stereocenters. The van der Waals surface area contributed by atoms with E-state index in [0.29, 0.717) is 6.29 Å². The summed E-state index contributed by atoms with van der Waals surface area (Å²) in [5.41, 5.74) is -0.113. The summed E-state index contributed by atoms with van der Waals surface area (Å²) in [6.45, 7) is 0. The molecule has 1 aromatic carbocycles. The summed E-state index contributed by atoms with van der Waals surface area (Å²) < 4.78 is 31.4. The van der Waals surface area contributed by atoms with Crippen LogP contribution in [0.4, 0.5) is 8.78 Å². The van der Waals surface area contributed by atoms with E-state index in [2.05, 4.69) is 0 Å². The summed E-state index contributed by atoms with van der Waals surface area (Å²) in [5, 5.41) is 0.0537. The molecule has 2 nitrogen and oxygen atoms in total. The van der Waals surface area contributed by atoms with Gasteiger partial charge in [0.05, 0.1) is 5.56 Å². The SMILES string of the molecule is O=Cc1ccc(-c2cc(Cl)cc(F)c2F)o1. The maximum absolute atomic E-state index is 13.4. The van der Waals surface area contributed by atoms with Crippen molar-refractivity contribution in [2.45, 2.75) is 0 Å². The summed E-state index contributed by atoms with van der Waals surface area (Å²) >= 11 is 5.59. The first-order valence-corrected chi connectivity index (χ1v) is 4.69. The first-order chi connectivity index (χ1) is 7.61. The smallest absolute Gasteiger partial charge is 0.185 e. The lowest BCUT2D eigenvalue weighted by atomic mass is 10.1. The lowest BCUT2D eigenvalue weighted by Gasteiger charge is -2.01. The highest BCUT2D eigenvalue weighted by atomic mass is 35.5. The summed E-state index contributed by atoms with van der Waals surface area (Å²) in [4.78, 5) is 10.4. The van der Waals surface area contributed by atoms with E-state index in [-0.39, 0.29) is 22.1 Å². The third-order valence-corrected chi connectivity index (χ3v) is 2.22. The molecule has 0 radical (unpaired) electrons. The molecule has 82 valence electrons. The van der Waals surface area contributed by atoms with Crippen LogP contribution in [0.2, 0.25) is 5.02 Å². The number of carbonyl (C=O) groups is 1. The van der Waals surface area contributed by atoms with Crippen molar-refractivity contribution in [3.63, 3.8) is 0 Å². The van der Waals surface area contributed by atoms with Gasteiger partial charge in [-0.15, -0.1) is 0 Å². The quantitative estimate of drug-likeness (QED) is 0.594. The summed E-state index contributed by atoms with van der Waals surface area (Å²) in [7, 11) is 0. The fraction of sp³-hybridized carbons (Fsp3) is 0. The van der Waals surface area contributed by atoms with Gasteiger partial charge >= 0.3 is 0 Å². The molecule has 0 atom stereocenters. The Labute approximate surface area is 94.4 Å². The number of benzene rings is 1. The van der Waals surface area contributed by atoms with E-state index in [1.54, 1.807) is 0 Å². The molecular formula is C11H5ClF2O2. The minimum Gasteiger partial charge on any atom is -0.453 e. The number of aldehydes is 1. The van der Waals surface area contributed by atoms with Gasteiger partial charge < -0.3 is 4.42 Å². The van der Waals surface area contributed by atoms with Crippen molar-refractivity contribution in [1.29, 1.82) is 0 Å². The molecule has 0 amide bonds. The monoisotopic (exact) mass is 242 g/mol. The zero-order valence-electron chi connectivity index (χ0n) is 7.84. The average molecular weight is 243 g/mol. The van der Waals surface area contributed by atoms with Crippen molar-refractivity contribution >= 4 is 17.9 Å². The molecule has 0 N–H and O–H groups in total. The van der Waals surface area contributed by atoms with Gasteiger partial charge in [-0.2, -0.15) is 0 Å². The van der Waals surface area contributed by atoms with Crippen molar-refractivity contribution in [2.24, 2.45) is 0 Å². The van der Waals surface area contributed by atoms with Gasteiger partial charge in [0.25, 0.3) is 0 Å². The Bertz CT molecular complexity index is 549. The average Bonchev–Trinajstić information content (AvgIpc) is 2.71. The van der Waals surface area contributed by atoms with E-state index in [1.807, 2.05) is 0 Å². The van der Waals surface area contributed by atoms with E-state index in [9.17, 15) is 13.6 Å². The van der Waals surface area contributed by atoms with Crippen LogP contribution in [0.25, 0.3) is 11.3 Å². The van der Waals surface area contributed by atoms with Gasteiger partial charge in [-0.3, -0.25) is 4.79 Å². The highest BCUT2D eigenvalue weighted by Crippen LogP contribution is 2.29. The van der Waals surface area contributed by atoms with Gasteiger partial charge in [-0.1, -0.05) is 11.6 Å². The van der Waals surface area contributed by atoms with Gasteiger partial charge in [0.15, 0.2) is 23.7 Å². The largest absolute Gasteiger partial charge is 0.453 e. The van der Waals surface area contributed by atoms with E-state index in [1.165, 1.54) is 18.2 Å². The molecule has 0 aliphatic rings. The van der Waals surface area contributed by atoms with Crippen LogP contribution >= 0.6 is 11.6 Å². The van der Waals surface area contributed by atoms with Gasteiger partial charge in [0, 0.05) is 5.02 Å². The van der Waals surface area contributed by atoms with Crippen LogP contribution in [-0.2, 0) is 0 Å². The molecule has 0 spiro atoms. The van der Waals surface area contributed by atoms with Gasteiger partial charge in [0.2, 0.25) is 0 Å². The predicted octanol–water partition coefficient (Wildman–Crippen LogP) is 3.69. The molecule has 0 aliphatic carbocycles. The fourth-order valence-electron chi connectivity index (χ4n) is 1.30. The Hall–Kier alpha value is -1.68. The Balaban J connectivity index is 2.58. The maximum Gasteiger partial charge on any atom is 0.185 e. The third-order valence-electron chi connectivity index (χ3n) is 2.00. The van der Waals surface area contributed by atoms with Crippen LogP contribution < -0.4 is 0 Å². The molecule has 0 aliphatic heterocycles. The first-order valence-electron chi connectivity index (χ1n) is 4.31. The molecule has 0 saturated heterocycles. The summed E-state index contributed by atoms with van der Waals surface area (Å²) in [6.07, 6.45) is 0.475. The summed E-state index contributed by atoms with van der Waals surface area (Å²) in [5.74, 6) is -2.03. The molecule has 5 heteroatoms. The predicted molar refractivity (Wildman–Crippen MR) is 54.5 cm³/mol. The van der Waals surface area contributed by atoms with Crippen molar-refractivity contribution in [3.8, 4) is 11.3 Å². The van der Waals surface area contributed by atoms with E-state index >= 15 is 0 Å². The second-order valence-electron chi connectivity index (χ2n) is 3.07. The third kappa shape index (κ3) is 1.84. The minimum absolute atomic E-state index is 0.0368. The van der Waals surface area contributed by atoms with Gasteiger partial charge in [0.1, 0.15) is 5.76 Å². The number of furan rings is 1.